The lowest BCUT2D eigenvalue weighted by atomic mass is 9.81. The Labute approximate surface area is 133 Å². The minimum atomic E-state index is -4.59. The molecule has 1 aromatic rings. The van der Waals surface area contributed by atoms with Crippen LogP contribution in [-0.4, -0.2) is 11.2 Å². The fourth-order valence-electron chi connectivity index (χ4n) is 2.93. The van der Waals surface area contributed by atoms with Gasteiger partial charge in [0.25, 0.3) is 0 Å². The molecule has 2 rings (SSSR count). The first-order chi connectivity index (χ1) is 9.80. The van der Waals surface area contributed by atoms with Crippen molar-refractivity contribution in [1.29, 1.82) is 0 Å². The van der Waals surface area contributed by atoms with Crippen LogP contribution < -0.4 is 5.73 Å². The summed E-state index contributed by atoms with van der Waals surface area (Å²) < 4.78 is 51.4. The number of aliphatic hydroxyl groups excluding tert-OH is 1. The number of benzene rings is 1. The maximum absolute atomic E-state index is 13.9. The van der Waals surface area contributed by atoms with Crippen LogP contribution in [0, 0.1) is 11.7 Å². The lowest BCUT2D eigenvalue weighted by molar-refractivity contribution is -0.137. The Morgan fingerprint density at radius 1 is 1.14 bits per heavy atom. The van der Waals surface area contributed by atoms with Crippen LogP contribution in [0.1, 0.15) is 49.3 Å². The molecule has 1 aliphatic rings. The molecule has 22 heavy (non-hydrogen) atoms. The standard InChI is InChI=1S/C15H19F4NO.ClH/c16-12-8-10(15(17,18)19)6-7-11(12)13(20)14(21)9-4-2-1-3-5-9;/h6-9,13-14,21H,1-5,20H2;1H/t13-,14+;/m1./s1. The van der Waals surface area contributed by atoms with Gasteiger partial charge in [0, 0.05) is 5.56 Å². The second-order valence-electron chi connectivity index (χ2n) is 5.65. The van der Waals surface area contributed by atoms with Gasteiger partial charge >= 0.3 is 6.18 Å². The van der Waals surface area contributed by atoms with Crippen LogP contribution in [0.25, 0.3) is 0 Å². The maximum atomic E-state index is 13.9. The minimum Gasteiger partial charge on any atom is -0.391 e. The van der Waals surface area contributed by atoms with Gasteiger partial charge < -0.3 is 10.8 Å². The number of hydrogen-bond donors (Lipinski definition) is 2. The van der Waals surface area contributed by atoms with Gasteiger partial charge in [-0.1, -0.05) is 25.3 Å². The lowest BCUT2D eigenvalue weighted by Crippen LogP contribution is -2.34. The SMILES string of the molecule is Cl.N[C@H](c1ccc(C(F)(F)F)cc1F)[C@@H](O)C1CCCCC1. The van der Waals surface area contributed by atoms with E-state index >= 15 is 0 Å². The van der Waals surface area contributed by atoms with Crippen LogP contribution in [0.15, 0.2) is 18.2 Å². The van der Waals surface area contributed by atoms with E-state index in [9.17, 15) is 22.7 Å². The normalized spacial score (nSPS) is 19.4. The first-order valence-electron chi connectivity index (χ1n) is 7.11. The Balaban J connectivity index is 0.00000242. The molecular weight excluding hydrogens is 322 g/mol. The molecule has 0 heterocycles. The van der Waals surface area contributed by atoms with Gasteiger partial charge in [-0.25, -0.2) is 4.39 Å². The number of alkyl halides is 3. The van der Waals surface area contributed by atoms with E-state index in [1.54, 1.807) is 0 Å². The zero-order valence-electron chi connectivity index (χ0n) is 11.9. The molecule has 0 unspecified atom stereocenters. The van der Waals surface area contributed by atoms with Gasteiger partial charge in [-0.15, -0.1) is 12.4 Å². The van der Waals surface area contributed by atoms with E-state index in [-0.39, 0.29) is 23.9 Å². The summed E-state index contributed by atoms with van der Waals surface area (Å²) >= 11 is 0. The monoisotopic (exact) mass is 341 g/mol. The van der Waals surface area contributed by atoms with E-state index in [2.05, 4.69) is 0 Å². The number of aliphatic hydroxyl groups is 1. The van der Waals surface area contributed by atoms with Crippen LogP contribution in [0.2, 0.25) is 0 Å². The number of hydrogen-bond acceptors (Lipinski definition) is 2. The zero-order chi connectivity index (χ0) is 15.6. The van der Waals surface area contributed by atoms with E-state index in [0.717, 1.165) is 44.2 Å². The molecule has 1 aromatic carbocycles. The molecule has 0 saturated heterocycles. The van der Waals surface area contributed by atoms with E-state index in [1.165, 1.54) is 0 Å². The van der Waals surface area contributed by atoms with Gasteiger partial charge in [0.05, 0.1) is 17.7 Å². The van der Waals surface area contributed by atoms with E-state index < -0.39 is 29.7 Å². The Hall–Kier alpha value is -0.850. The summed E-state index contributed by atoms with van der Waals surface area (Å²) in [7, 11) is 0. The molecule has 0 amide bonds. The summed E-state index contributed by atoms with van der Waals surface area (Å²) in [6.45, 7) is 0. The molecule has 1 fully saturated rings. The van der Waals surface area contributed by atoms with Crippen LogP contribution in [0.5, 0.6) is 0 Å². The fourth-order valence-corrected chi connectivity index (χ4v) is 2.93. The highest BCUT2D eigenvalue weighted by atomic mass is 35.5. The van der Waals surface area contributed by atoms with E-state index in [0.29, 0.717) is 6.07 Å². The van der Waals surface area contributed by atoms with Crippen LogP contribution in [-0.2, 0) is 6.18 Å². The van der Waals surface area contributed by atoms with Gasteiger partial charge in [-0.2, -0.15) is 13.2 Å². The van der Waals surface area contributed by atoms with Gasteiger partial charge in [-0.3, -0.25) is 0 Å². The van der Waals surface area contributed by atoms with Crippen molar-refractivity contribution in [2.75, 3.05) is 0 Å². The summed E-state index contributed by atoms with van der Waals surface area (Å²) in [5.74, 6) is -1.04. The van der Waals surface area contributed by atoms with Crippen molar-refractivity contribution in [3.05, 3.63) is 35.1 Å². The van der Waals surface area contributed by atoms with Crippen molar-refractivity contribution in [2.24, 2.45) is 11.7 Å². The second-order valence-corrected chi connectivity index (χ2v) is 5.65. The van der Waals surface area contributed by atoms with Crippen LogP contribution in [0.4, 0.5) is 17.6 Å². The topological polar surface area (TPSA) is 46.2 Å². The smallest absolute Gasteiger partial charge is 0.391 e. The average Bonchev–Trinajstić information content (AvgIpc) is 2.45. The third-order valence-electron chi connectivity index (χ3n) is 4.19. The highest BCUT2D eigenvalue weighted by molar-refractivity contribution is 5.85. The minimum absolute atomic E-state index is 0. The first-order valence-corrected chi connectivity index (χ1v) is 7.11. The molecule has 3 N–H and O–H groups in total. The molecule has 1 aliphatic carbocycles. The lowest BCUT2D eigenvalue weighted by Gasteiger charge is -2.30. The number of nitrogens with two attached hydrogens (primary N) is 1. The quantitative estimate of drug-likeness (QED) is 0.809. The van der Waals surface area contributed by atoms with Crippen molar-refractivity contribution in [3.63, 3.8) is 0 Å². The molecule has 0 bridgehead atoms. The molecular formula is C15H20ClF4NO. The molecule has 7 heteroatoms. The van der Waals surface area contributed by atoms with Gasteiger partial charge in [-0.05, 0) is 30.9 Å². The molecule has 0 aliphatic heterocycles. The molecule has 2 atom stereocenters. The first kappa shape index (κ1) is 19.2. The van der Waals surface area contributed by atoms with Crippen molar-refractivity contribution < 1.29 is 22.7 Å². The number of halogens is 5. The largest absolute Gasteiger partial charge is 0.416 e. The third kappa shape index (κ3) is 4.33. The fraction of sp³-hybridized carbons (Fsp3) is 0.600. The molecule has 1 saturated carbocycles. The number of rotatable bonds is 3. The summed E-state index contributed by atoms with van der Waals surface area (Å²) in [5, 5.41) is 10.2. The zero-order valence-corrected chi connectivity index (χ0v) is 12.8. The van der Waals surface area contributed by atoms with Crippen molar-refractivity contribution in [3.8, 4) is 0 Å². The Morgan fingerprint density at radius 2 is 1.73 bits per heavy atom. The summed E-state index contributed by atoms with van der Waals surface area (Å²) in [6.07, 6.45) is -0.808. The van der Waals surface area contributed by atoms with Crippen molar-refractivity contribution in [2.45, 2.75) is 50.4 Å². The highest BCUT2D eigenvalue weighted by Crippen LogP contribution is 2.34. The van der Waals surface area contributed by atoms with Crippen LogP contribution in [0.3, 0.4) is 0 Å². The average molecular weight is 342 g/mol. The van der Waals surface area contributed by atoms with E-state index in [1.807, 2.05) is 0 Å². The Bertz CT molecular complexity index is 489. The van der Waals surface area contributed by atoms with Gasteiger partial charge in [0.2, 0.25) is 0 Å². The molecule has 2 nitrogen and oxygen atoms in total. The molecule has 0 aromatic heterocycles. The summed E-state index contributed by atoms with van der Waals surface area (Å²) in [6, 6.07) is 1.25. The third-order valence-corrected chi connectivity index (χ3v) is 4.19. The van der Waals surface area contributed by atoms with Crippen LogP contribution >= 0.6 is 12.4 Å². The van der Waals surface area contributed by atoms with Gasteiger partial charge in [0.15, 0.2) is 0 Å². The van der Waals surface area contributed by atoms with Crippen molar-refractivity contribution >= 4 is 12.4 Å². The highest BCUT2D eigenvalue weighted by Gasteiger charge is 2.33. The maximum Gasteiger partial charge on any atom is 0.416 e. The Morgan fingerprint density at radius 3 is 2.23 bits per heavy atom. The summed E-state index contributed by atoms with van der Waals surface area (Å²) in [5.41, 5.74) is 4.74. The van der Waals surface area contributed by atoms with Gasteiger partial charge in [0.1, 0.15) is 5.82 Å². The summed E-state index contributed by atoms with van der Waals surface area (Å²) in [4.78, 5) is 0. The predicted molar refractivity (Wildman–Crippen MR) is 78.2 cm³/mol. The van der Waals surface area contributed by atoms with Crippen molar-refractivity contribution in [1.82, 2.24) is 0 Å². The predicted octanol–water partition coefficient (Wildman–Crippen LogP) is 4.21. The molecule has 126 valence electrons. The Kier molecular flexibility index (Phi) is 6.65. The molecule has 0 spiro atoms. The second kappa shape index (κ2) is 7.62. The van der Waals surface area contributed by atoms with E-state index in [4.69, 9.17) is 5.73 Å². The molecule has 0 radical (unpaired) electrons.